The average molecular weight is 356 g/mol. The van der Waals surface area contributed by atoms with E-state index in [1.807, 2.05) is 6.92 Å². The Morgan fingerprint density at radius 2 is 2.17 bits per heavy atom. The summed E-state index contributed by atoms with van der Waals surface area (Å²) in [6, 6.07) is 5.06. The molecule has 0 fully saturated rings. The fourth-order valence-corrected chi connectivity index (χ4v) is 2.70. The van der Waals surface area contributed by atoms with Crippen LogP contribution in [0.1, 0.15) is 12.5 Å². The lowest BCUT2D eigenvalue weighted by Gasteiger charge is -2.07. The maximum Gasteiger partial charge on any atom is 0.441 e. The van der Waals surface area contributed by atoms with Crippen LogP contribution < -0.4 is 5.32 Å². The molecule has 0 aliphatic heterocycles. The molecule has 0 saturated heterocycles. The number of aryl methyl sites for hydroxylation is 1. The van der Waals surface area contributed by atoms with Crippen LogP contribution in [0.3, 0.4) is 0 Å². The number of benzene rings is 1. The Morgan fingerprint density at radius 1 is 1.39 bits per heavy atom. The minimum Gasteiger partial charge on any atom is -0.448 e. The minimum atomic E-state index is -2.26. The molecule has 2 aromatic rings. The lowest BCUT2D eigenvalue weighted by atomic mass is 10.2. The van der Waals surface area contributed by atoms with Crippen LogP contribution in [0, 0.1) is 6.92 Å². The number of amides is 1. The predicted molar refractivity (Wildman–Crippen MR) is 86.6 cm³/mol. The molecule has 0 bridgehead atoms. The van der Waals surface area contributed by atoms with Crippen molar-refractivity contribution in [1.82, 2.24) is 15.0 Å². The van der Waals surface area contributed by atoms with Gasteiger partial charge in [0, 0.05) is 10.6 Å². The largest absolute Gasteiger partial charge is 0.448 e. The molecule has 10 heteroatoms. The molecule has 0 aliphatic rings. The highest BCUT2D eigenvalue weighted by Crippen LogP contribution is 2.19. The molecule has 0 aliphatic carbocycles. The number of anilines is 2. The van der Waals surface area contributed by atoms with Crippen LogP contribution in [0.4, 0.5) is 16.4 Å². The van der Waals surface area contributed by atoms with Crippen molar-refractivity contribution in [2.45, 2.75) is 18.7 Å². The molecule has 2 rings (SSSR count). The summed E-state index contributed by atoms with van der Waals surface area (Å²) in [5, 5.41) is 2.98. The number of halogens is 1. The van der Waals surface area contributed by atoms with Gasteiger partial charge in [0.25, 0.3) is 0 Å². The van der Waals surface area contributed by atoms with Gasteiger partial charge in [0.05, 0.1) is 17.2 Å². The predicted octanol–water partition coefficient (Wildman–Crippen LogP) is 2.76. The fourth-order valence-electron chi connectivity index (χ4n) is 1.70. The SMILES string of the molecule is CCOC(=O)/N=[SH](=O)/c1cc(C)cc(Nc2ncnc(Cl)n2)c1. The van der Waals surface area contributed by atoms with E-state index in [-0.39, 0.29) is 17.8 Å². The van der Waals surface area contributed by atoms with Gasteiger partial charge in [-0.25, -0.2) is 19.0 Å². The van der Waals surface area contributed by atoms with Gasteiger partial charge in [-0.3, -0.25) is 0 Å². The number of ether oxygens (including phenoxy) is 1. The maximum absolute atomic E-state index is 12.1. The van der Waals surface area contributed by atoms with Gasteiger partial charge in [-0.15, -0.1) is 4.36 Å². The van der Waals surface area contributed by atoms with E-state index in [9.17, 15) is 9.00 Å². The minimum absolute atomic E-state index is 0.0544. The second kappa shape index (κ2) is 7.84. The summed E-state index contributed by atoms with van der Waals surface area (Å²) in [4.78, 5) is 23.2. The van der Waals surface area contributed by atoms with Gasteiger partial charge in [-0.1, -0.05) is 0 Å². The first-order chi connectivity index (χ1) is 11.0. The molecule has 1 amide bonds. The molecule has 1 unspecified atom stereocenters. The molecule has 0 radical (unpaired) electrons. The number of nitrogens with one attached hydrogen (secondary N) is 1. The Morgan fingerprint density at radius 3 is 2.87 bits per heavy atom. The number of hydrogen-bond acceptors (Lipinski definition) is 7. The van der Waals surface area contributed by atoms with Crippen molar-refractivity contribution in [3.05, 3.63) is 35.4 Å². The Kier molecular flexibility index (Phi) is 5.83. The standard InChI is InChI=1S/C13H14ClN5O3S/c1-3-22-13(20)19-23(21)10-5-8(2)4-9(6-10)17-12-16-7-15-11(14)18-12/h4-7,23H,3H2,1-2H3,(H,15,16,17,18). The third-order valence-electron chi connectivity index (χ3n) is 2.52. The first-order valence-electron chi connectivity index (χ1n) is 6.57. The van der Waals surface area contributed by atoms with E-state index in [1.54, 1.807) is 25.1 Å². The van der Waals surface area contributed by atoms with Crippen LogP contribution in [0.5, 0.6) is 0 Å². The molecule has 1 aromatic heterocycles. The Hall–Kier alpha value is -2.26. The zero-order valence-corrected chi connectivity index (χ0v) is 14.0. The molecule has 122 valence electrons. The summed E-state index contributed by atoms with van der Waals surface area (Å²) in [5.41, 5.74) is 1.41. The lowest BCUT2D eigenvalue weighted by Crippen LogP contribution is -2.00. The van der Waals surface area contributed by atoms with E-state index < -0.39 is 16.7 Å². The first-order valence-corrected chi connectivity index (χ1v) is 8.16. The zero-order valence-electron chi connectivity index (χ0n) is 12.4. The van der Waals surface area contributed by atoms with Crippen LogP contribution in [0.25, 0.3) is 0 Å². The van der Waals surface area contributed by atoms with Crippen molar-refractivity contribution in [1.29, 1.82) is 0 Å². The third-order valence-corrected chi connectivity index (χ3v) is 3.75. The van der Waals surface area contributed by atoms with Crippen molar-refractivity contribution in [2.75, 3.05) is 11.9 Å². The van der Waals surface area contributed by atoms with E-state index in [4.69, 9.17) is 11.6 Å². The molecular weight excluding hydrogens is 342 g/mol. The third kappa shape index (κ3) is 5.15. The molecule has 1 aromatic carbocycles. The van der Waals surface area contributed by atoms with Crippen molar-refractivity contribution in [2.24, 2.45) is 4.36 Å². The molecule has 0 spiro atoms. The molecule has 8 nitrogen and oxygen atoms in total. The number of rotatable bonds is 4. The Balaban J connectivity index is 2.28. The van der Waals surface area contributed by atoms with Crippen LogP contribution >= 0.6 is 11.6 Å². The van der Waals surface area contributed by atoms with E-state index in [1.165, 1.54) is 6.33 Å². The van der Waals surface area contributed by atoms with E-state index in [0.29, 0.717) is 10.6 Å². The normalized spacial score (nSPS) is 12.0. The number of carbonyl (C=O) groups excluding carboxylic acids is 1. The summed E-state index contributed by atoms with van der Waals surface area (Å²) in [7, 11) is -2.26. The van der Waals surface area contributed by atoms with Gasteiger partial charge in [-0.05, 0) is 49.2 Å². The summed E-state index contributed by atoms with van der Waals surface area (Å²) in [6.07, 6.45) is 0.416. The van der Waals surface area contributed by atoms with Crippen molar-refractivity contribution in [3.63, 3.8) is 0 Å². The van der Waals surface area contributed by atoms with Crippen LogP contribution in [-0.2, 0) is 15.3 Å². The zero-order chi connectivity index (χ0) is 16.8. The monoisotopic (exact) mass is 355 g/mol. The number of aromatic nitrogens is 3. The van der Waals surface area contributed by atoms with Gasteiger partial charge in [0.2, 0.25) is 11.2 Å². The number of nitrogens with zero attached hydrogens (tertiary/aromatic N) is 4. The highest BCUT2D eigenvalue weighted by molar-refractivity contribution is 7.75. The smallest absolute Gasteiger partial charge is 0.441 e. The van der Waals surface area contributed by atoms with Gasteiger partial charge in [0.1, 0.15) is 6.33 Å². The van der Waals surface area contributed by atoms with Crippen molar-refractivity contribution in [3.8, 4) is 0 Å². The second-order valence-corrected chi connectivity index (χ2v) is 5.93. The van der Waals surface area contributed by atoms with Crippen LogP contribution in [0.15, 0.2) is 33.8 Å². The maximum atomic E-state index is 12.1. The highest BCUT2D eigenvalue weighted by Gasteiger charge is 2.05. The van der Waals surface area contributed by atoms with Crippen molar-refractivity contribution >= 4 is 39.9 Å². The number of thiol groups is 1. The Labute approximate surface area is 139 Å². The van der Waals surface area contributed by atoms with E-state index in [0.717, 1.165) is 5.56 Å². The lowest BCUT2D eigenvalue weighted by molar-refractivity contribution is 0.164. The quantitative estimate of drug-likeness (QED) is 0.812. The first kappa shape index (κ1) is 17.1. The molecule has 1 atom stereocenters. The van der Waals surface area contributed by atoms with Gasteiger partial charge in [0.15, 0.2) is 0 Å². The molecule has 1 N–H and O–H groups in total. The van der Waals surface area contributed by atoms with Crippen LogP contribution in [-0.4, -0.2) is 31.9 Å². The van der Waals surface area contributed by atoms with Gasteiger partial charge in [-0.2, -0.15) is 4.98 Å². The Bertz CT molecular complexity index is 808. The fraction of sp³-hybridized carbons (Fsp3) is 0.231. The summed E-state index contributed by atoms with van der Waals surface area (Å²) < 4.78 is 20.3. The van der Waals surface area contributed by atoms with Crippen molar-refractivity contribution < 1.29 is 13.7 Å². The van der Waals surface area contributed by atoms with Gasteiger partial charge >= 0.3 is 6.09 Å². The molecule has 23 heavy (non-hydrogen) atoms. The molecule has 0 saturated carbocycles. The topological polar surface area (TPSA) is 106 Å². The number of hydrogen-bond donors (Lipinski definition) is 2. The number of carbonyl (C=O) groups is 1. The summed E-state index contributed by atoms with van der Waals surface area (Å²) >= 11 is 5.70. The summed E-state index contributed by atoms with van der Waals surface area (Å²) in [6.45, 7) is 3.64. The second-order valence-electron chi connectivity index (χ2n) is 4.33. The highest BCUT2D eigenvalue weighted by atomic mass is 35.5. The average Bonchev–Trinajstić information content (AvgIpc) is 2.46. The van der Waals surface area contributed by atoms with E-state index >= 15 is 0 Å². The summed E-state index contributed by atoms with van der Waals surface area (Å²) in [5.74, 6) is 0.249. The molecule has 1 heterocycles. The van der Waals surface area contributed by atoms with Gasteiger partial charge < -0.3 is 10.1 Å². The molecular formula is C13H14ClN5O3S. The van der Waals surface area contributed by atoms with Crippen LogP contribution in [0.2, 0.25) is 5.28 Å². The van der Waals surface area contributed by atoms with E-state index in [2.05, 4.69) is 29.4 Å².